The van der Waals surface area contributed by atoms with Crippen molar-refractivity contribution in [2.24, 2.45) is 0 Å². The van der Waals surface area contributed by atoms with Crippen molar-refractivity contribution in [2.45, 2.75) is 52.6 Å². The summed E-state index contributed by atoms with van der Waals surface area (Å²) < 4.78 is 36.1. The summed E-state index contributed by atoms with van der Waals surface area (Å²) in [5, 5.41) is 19.9. The molecule has 0 aliphatic rings. The standard InChI is InChI=1S/C14H19F3O2/c1-8-9(2)13(19)11(10(3)12(8)18)6-4-5-7-14(15,16)17/h18-19H,4-7H2,1-3H3. The van der Waals surface area contributed by atoms with Crippen LogP contribution in [0.5, 0.6) is 11.5 Å². The molecule has 1 aromatic rings. The molecular formula is C14H19F3O2. The quantitative estimate of drug-likeness (QED) is 0.636. The van der Waals surface area contributed by atoms with Crippen LogP contribution < -0.4 is 0 Å². The zero-order chi connectivity index (χ0) is 14.8. The average Bonchev–Trinajstić information content (AvgIpc) is 2.32. The fraction of sp³-hybridized carbons (Fsp3) is 0.571. The van der Waals surface area contributed by atoms with Crippen LogP contribution in [0.3, 0.4) is 0 Å². The predicted octanol–water partition coefficient (Wildman–Crippen LogP) is 4.30. The summed E-state index contributed by atoms with van der Waals surface area (Å²) in [5.74, 6) is 0.195. The minimum absolute atomic E-state index is 0.0239. The van der Waals surface area contributed by atoms with Gasteiger partial charge in [0, 0.05) is 12.0 Å². The van der Waals surface area contributed by atoms with Crippen LogP contribution in [0.1, 0.15) is 41.5 Å². The Balaban J connectivity index is 2.80. The van der Waals surface area contributed by atoms with E-state index in [4.69, 9.17) is 0 Å². The number of phenols is 2. The molecule has 0 spiro atoms. The zero-order valence-corrected chi connectivity index (χ0v) is 11.4. The SMILES string of the molecule is Cc1c(C)c(O)c(CCCCC(F)(F)F)c(C)c1O. The van der Waals surface area contributed by atoms with Gasteiger partial charge in [0.05, 0.1) is 0 Å². The number of hydrogen-bond acceptors (Lipinski definition) is 2. The second-order valence-corrected chi connectivity index (χ2v) is 4.87. The third kappa shape index (κ3) is 3.78. The molecule has 5 heteroatoms. The Bertz CT molecular complexity index is 436. The van der Waals surface area contributed by atoms with Crippen LogP contribution >= 0.6 is 0 Å². The van der Waals surface area contributed by atoms with Gasteiger partial charge in [-0.15, -0.1) is 0 Å². The summed E-state index contributed by atoms with van der Waals surface area (Å²) in [4.78, 5) is 0. The maximum Gasteiger partial charge on any atom is 0.389 e. The molecule has 0 aromatic heterocycles. The van der Waals surface area contributed by atoms with E-state index in [1.807, 2.05) is 0 Å². The van der Waals surface area contributed by atoms with E-state index in [-0.39, 0.29) is 17.9 Å². The number of halogens is 3. The summed E-state index contributed by atoms with van der Waals surface area (Å²) in [6.45, 7) is 5.05. The number of phenolic OH excluding ortho intramolecular Hbond substituents is 2. The van der Waals surface area contributed by atoms with Crippen molar-refractivity contribution in [3.63, 3.8) is 0 Å². The van der Waals surface area contributed by atoms with E-state index in [1.165, 1.54) is 0 Å². The molecular weight excluding hydrogens is 257 g/mol. The molecule has 0 amide bonds. The first-order chi connectivity index (χ1) is 8.65. The fourth-order valence-electron chi connectivity index (χ4n) is 2.12. The monoisotopic (exact) mass is 276 g/mol. The minimum atomic E-state index is -4.14. The Morgan fingerprint density at radius 1 is 0.842 bits per heavy atom. The third-order valence-corrected chi connectivity index (χ3v) is 3.50. The van der Waals surface area contributed by atoms with Crippen LogP contribution in [0.4, 0.5) is 13.2 Å². The molecule has 0 heterocycles. The van der Waals surface area contributed by atoms with Gasteiger partial charge in [-0.1, -0.05) is 0 Å². The highest BCUT2D eigenvalue weighted by atomic mass is 19.4. The molecule has 0 bridgehead atoms. The van der Waals surface area contributed by atoms with E-state index in [0.717, 1.165) is 0 Å². The number of unbranched alkanes of at least 4 members (excludes halogenated alkanes) is 1. The van der Waals surface area contributed by atoms with Crippen molar-refractivity contribution in [3.05, 3.63) is 22.3 Å². The molecule has 2 nitrogen and oxygen atoms in total. The maximum atomic E-state index is 12.0. The summed E-state index contributed by atoms with van der Waals surface area (Å²) in [6, 6.07) is 0. The number of rotatable bonds is 4. The van der Waals surface area contributed by atoms with Gasteiger partial charge in [-0.3, -0.25) is 0 Å². The fourth-order valence-corrected chi connectivity index (χ4v) is 2.12. The summed E-state index contributed by atoms with van der Waals surface area (Å²) in [6.07, 6.45) is -4.26. The van der Waals surface area contributed by atoms with Crippen LogP contribution in [0.15, 0.2) is 0 Å². The van der Waals surface area contributed by atoms with Crippen molar-refractivity contribution in [1.29, 1.82) is 0 Å². The molecule has 0 unspecified atom stereocenters. The number of hydrogen-bond donors (Lipinski definition) is 2. The van der Waals surface area contributed by atoms with Gasteiger partial charge in [-0.2, -0.15) is 13.2 Å². The second-order valence-electron chi connectivity index (χ2n) is 4.87. The number of aromatic hydroxyl groups is 2. The van der Waals surface area contributed by atoms with Crippen molar-refractivity contribution < 1.29 is 23.4 Å². The van der Waals surface area contributed by atoms with Crippen LogP contribution in [0, 0.1) is 20.8 Å². The first-order valence-electron chi connectivity index (χ1n) is 6.22. The van der Waals surface area contributed by atoms with Crippen molar-refractivity contribution in [1.82, 2.24) is 0 Å². The Kier molecular flexibility index (Phi) is 4.71. The maximum absolute atomic E-state index is 12.0. The molecule has 0 aliphatic carbocycles. The molecule has 0 atom stereocenters. The Labute approximate surface area is 110 Å². The van der Waals surface area contributed by atoms with E-state index in [1.54, 1.807) is 20.8 Å². The van der Waals surface area contributed by atoms with Crippen molar-refractivity contribution >= 4 is 0 Å². The third-order valence-electron chi connectivity index (χ3n) is 3.50. The highest BCUT2D eigenvalue weighted by molar-refractivity contribution is 5.56. The molecule has 108 valence electrons. The van der Waals surface area contributed by atoms with Gasteiger partial charge in [-0.25, -0.2) is 0 Å². The van der Waals surface area contributed by atoms with E-state index in [0.29, 0.717) is 35.1 Å². The first kappa shape index (κ1) is 15.7. The lowest BCUT2D eigenvalue weighted by molar-refractivity contribution is -0.135. The Morgan fingerprint density at radius 2 is 1.37 bits per heavy atom. The molecule has 19 heavy (non-hydrogen) atoms. The normalized spacial score (nSPS) is 11.9. The van der Waals surface area contributed by atoms with Crippen molar-refractivity contribution in [2.75, 3.05) is 0 Å². The zero-order valence-electron chi connectivity index (χ0n) is 11.4. The lowest BCUT2D eigenvalue weighted by Crippen LogP contribution is -2.06. The molecule has 0 aliphatic heterocycles. The van der Waals surface area contributed by atoms with Crippen LogP contribution in [0.2, 0.25) is 0 Å². The van der Waals surface area contributed by atoms with Crippen LogP contribution in [0.25, 0.3) is 0 Å². The topological polar surface area (TPSA) is 40.5 Å². The first-order valence-corrected chi connectivity index (χ1v) is 6.22. The second kappa shape index (κ2) is 5.72. The summed E-state index contributed by atoms with van der Waals surface area (Å²) >= 11 is 0. The number of alkyl halides is 3. The van der Waals surface area contributed by atoms with Gasteiger partial charge < -0.3 is 10.2 Å². The highest BCUT2D eigenvalue weighted by Crippen LogP contribution is 2.37. The molecule has 1 rings (SSSR count). The molecule has 1 aromatic carbocycles. The number of benzene rings is 1. The minimum Gasteiger partial charge on any atom is -0.507 e. The molecule has 2 N–H and O–H groups in total. The van der Waals surface area contributed by atoms with Crippen LogP contribution in [-0.2, 0) is 6.42 Å². The molecule has 0 saturated heterocycles. The van der Waals surface area contributed by atoms with E-state index >= 15 is 0 Å². The highest BCUT2D eigenvalue weighted by Gasteiger charge is 2.26. The average molecular weight is 276 g/mol. The Hall–Kier alpha value is -1.39. The van der Waals surface area contributed by atoms with Gasteiger partial charge in [0.1, 0.15) is 11.5 Å². The van der Waals surface area contributed by atoms with Gasteiger partial charge >= 0.3 is 6.18 Å². The lowest BCUT2D eigenvalue weighted by Gasteiger charge is -2.16. The van der Waals surface area contributed by atoms with E-state index in [9.17, 15) is 23.4 Å². The van der Waals surface area contributed by atoms with Gasteiger partial charge in [0.25, 0.3) is 0 Å². The molecule has 0 fully saturated rings. The molecule has 0 radical (unpaired) electrons. The lowest BCUT2D eigenvalue weighted by atomic mass is 9.94. The van der Waals surface area contributed by atoms with Gasteiger partial charge in [0.2, 0.25) is 0 Å². The largest absolute Gasteiger partial charge is 0.507 e. The molecule has 0 saturated carbocycles. The Morgan fingerprint density at radius 3 is 1.89 bits per heavy atom. The van der Waals surface area contributed by atoms with E-state index in [2.05, 4.69) is 0 Å². The van der Waals surface area contributed by atoms with Gasteiger partial charge in [0.15, 0.2) is 0 Å². The summed E-state index contributed by atoms with van der Waals surface area (Å²) in [7, 11) is 0. The van der Waals surface area contributed by atoms with Crippen LogP contribution in [-0.4, -0.2) is 16.4 Å². The summed E-state index contributed by atoms with van der Waals surface area (Å²) in [5.41, 5.74) is 2.28. The van der Waals surface area contributed by atoms with Gasteiger partial charge in [-0.05, 0) is 56.7 Å². The van der Waals surface area contributed by atoms with E-state index < -0.39 is 12.6 Å². The predicted molar refractivity (Wildman–Crippen MR) is 67.6 cm³/mol. The van der Waals surface area contributed by atoms with Crippen molar-refractivity contribution in [3.8, 4) is 11.5 Å². The smallest absolute Gasteiger partial charge is 0.389 e.